The molecular weight excluding hydrogens is 324 g/mol. The molecule has 5 nitrogen and oxygen atoms in total. The molecule has 1 N–H and O–H groups in total. The standard InChI is InChI=1S/C15H23ClN2O3S/c1-3-4-5-11-17-15(19)10-12-18(22(2,20)21)14-8-6-13(16)7-9-14/h6-9H,3-5,10-12H2,1-2H3,(H,17,19). The average Bonchev–Trinajstić information content (AvgIpc) is 2.44. The van der Waals surface area contributed by atoms with Gasteiger partial charge in [0.05, 0.1) is 11.9 Å². The highest BCUT2D eigenvalue weighted by atomic mass is 35.5. The van der Waals surface area contributed by atoms with Crippen LogP contribution in [0.25, 0.3) is 0 Å². The zero-order chi connectivity index (χ0) is 16.6. The molecule has 0 aromatic heterocycles. The Morgan fingerprint density at radius 1 is 1.23 bits per heavy atom. The fourth-order valence-corrected chi connectivity index (χ4v) is 3.04. The average molecular weight is 347 g/mol. The van der Waals surface area contributed by atoms with Crippen LogP contribution >= 0.6 is 11.6 Å². The van der Waals surface area contributed by atoms with Gasteiger partial charge in [-0.2, -0.15) is 0 Å². The van der Waals surface area contributed by atoms with Crippen LogP contribution in [-0.2, 0) is 14.8 Å². The van der Waals surface area contributed by atoms with Gasteiger partial charge in [0, 0.05) is 24.5 Å². The van der Waals surface area contributed by atoms with Crippen LogP contribution in [0, 0.1) is 0 Å². The van der Waals surface area contributed by atoms with E-state index in [-0.39, 0.29) is 18.9 Å². The molecule has 0 aliphatic rings. The molecule has 0 bridgehead atoms. The number of hydrogen-bond acceptors (Lipinski definition) is 3. The van der Waals surface area contributed by atoms with Gasteiger partial charge in [-0.15, -0.1) is 0 Å². The van der Waals surface area contributed by atoms with E-state index < -0.39 is 10.0 Å². The molecule has 1 amide bonds. The van der Waals surface area contributed by atoms with Crippen molar-refractivity contribution in [3.8, 4) is 0 Å². The molecule has 1 aromatic carbocycles. The highest BCUT2D eigenvalue weighted by molar-refractivity contribution is 7.92. The Morgan fingerprint density at radius 3 is 2.41 bits per heavy atom. The lowest BCUT2D eigenvalue weighted by Gasteiger charge is -2.22. The van der Waals surface area contributed by atoms with E-state index in [9.17, 15) is 13.2 Å². The second-order valence-corrected chi connectivity index (χ2v) is 7.46. The molecule has 124 valence electrons. The largest absolute Gasteiger partial charge is 0.356 e. The molecule has 22 heavy (non-hydrogen) atoms. The molecule has 0 saturated carbocycles. The van der Waals surface area contributed by atoms with Crippen molar-refractivity contribution in [2.75, 3.05) is 23.7 Å². The first-order chi connectivity index (χ1) is 10.3. The van der Waals surface area contributed by atoms with Gasteiger partial charge in [-0.05, 0) is 30.7 Å². The maximum atomic E-state index is 11.9. The predicted molar refractivity (Wildman–Crippen MR) is 90.8 cm³/mol. The maximum absolute atomic E-state index is 11.9. The molecule has 0 radical (unpaired) electrons. The normalized spacial score (nSPS) is 11.2. The topological polar surface area (TPSA) is 66.5 Å². The summed E-state index contributed by atoms with van der Waals surface area (Å²) < 4.78 is 25.0. The van der Waals surface area contributed by atoms with Crippen molar-refractivity contribution in [1.82, 2.24) is 5.32 Å². The summed E-state index contributed by atoms with van der Waals surface area (Å²) in [5, 5.41) is 3.34. The second-order valence-electron chi connectivity index (χ2n) is 5.12. The SMILES string of the molecule is CCCCCNC(=O)CCN(c1ccc(Cl)cc1)S(C)(=O)=O. The van der Waals surface area contributed by atoms with Gasteiger partial charge in [0.2, 0.25) is 15.9 Å². The van der Waals surface area contributed by atoms with Gasteiger partial charge in [-0.3, -0.25) is 9.10 Å². The van der Waals surface area contributed by atoms with Crippen molar-refractivity contribution in [3.05, 3.63) is 29.3 Å². The number of rotatable bonds is 9. The van der Waals surface area contributed by atoms with Gasteiger partial charge in [-0.1, -0.05) is 31.4 Å². The monoisotopic (exact) mass is 346 g/mol. The molecule has 7 heteroatoms. The quantitative estimate of drug-likeness (QED) is 0.699. The van der Waals surface area contributed by atoms with E-state index in [4.69, 9.17) is 11.6 Å². The molecule has 0 spiro atoms. The number of amides is 1. The lowest BCUT2D eigenvalue weighted by molar-refractivity contribution is -0.120. The van der Waals surface area contributed by atoms with Gasteiger partial charge in [0.25, 0.3) is 0 Å². The molecule has 0 unspecified atom stereocenters. The van der Waals surface area contributed by atoms with Crippen molar-refractivity contribution in [2.24, 2.45) is 0 Å². The van der Waals surface area contributed by atoms with E-state index in [1.807, 2.05) is 0 Å². The van der Waals surface area contributed by atoms with Crippen LogP contribution in [0.1, 0.15) is 32.6 Å². The first-order valence-electron chi connectivity index (χ1n) is 7.34. The molecule has 0 saturated heterocycles. The minimum Gasteiger partial charge on any atom is -0.356 e. The highest BCUT2D eigenvalue weighted by Crippen LogP contribution is 2.20. The summed E-state index contributed by atoms with van der Waals surface area (Å²) in [6.45, 7) is 2.84. The Bertz CT molecular complexity index is 573. The summed E-state index contributed by atoms with van der Waals surface area (Å²) in [6, 6.07) is 6.50. The van der Waals surface area contributed by atoms with E-state index in [1.165, 1.54) is 4.31 Å². The molecule has 0 heterocycles. The third kappa shape index (κ3) is 6.66. The third-order valence-electron chi connectivity index (χ3n) is 3.16. The molecule has 0 fully saturated rings. The maximum Gasteiger partial charge on any atom is 0.232 e. The summed E-state index contributed by atoms with van der Waals surface area (Å²) in [7, 11) is -3.45. The fraction of sp³-hybridized carbons (Fsp3) is 0.533. The first-order valence-corrected chi connectivity index (χ1v) is 9.57. The summed E-state index contributed by atoms with van der Waals surface area (Å²) in [6.07, 6.45) is 4.35. The molecule has 1 aromatic rings. The van der Waals surface area contributed by atoms with Gasteiger partial charge >= 0.3 is 0 Å². The molecule has 0 aliphatic heterocycles. The Kier molecular flexibility index (Phi) is 7.68. The van der Waals surface area contributed by atoms with Crippen molar-refractivity contribution in [3.63, 3.8) is 0 Å². The van der Waals surface area contributed by atoms with Crippen LogP contribution in [0.2, 0.25) is 5.02 Å². The Hall–Kier alpha value is -1.27. The number of unbranched alkanes of at least 4 members (excludes halogenated alkanes) is 2. The number of nitrogens with zero attached hydrogens (tertiary/aromatic N) is 1. The van der Waals surface area contributed by atoms with Crippen molar-refractivity contribution < 1.29 is 13.2 Å². The number of anilines is 1. The van der Waals surface area contributed by atoms with Gasteiger partial charge in [-0.25, -0.2) is 8.42 Å². The Labute approximate surface area is 137 Å². The minimum atomic E-state index is -3.45. The van der Waals surface area contributed by atoms with Crippen LogP contribution in [0.4, 0.5) is 5.69 Å². The van der Waals surface area contributed by atoms with Crippen LogP contribution in [0.15, 0.2) is 24.3 Å². The molecule has 0 atom stereocenters. The third-order valence-corrected chi connectivity index (χ3v) is 4.61. The number of hydrogen-bond donors (Lipinski definition) is 1. The number of halogens is 1. The van der Waals surface area contributed by atoms with E-state index >= 15 is 0 Å². The van der Waals surface area contributed by atoms with Crippen molar-refractivity contribution >= 4 is 33.2 Å². The lowest BCUT2D eigenvalue weighted by Crippen LogP contribution is -2.34. The summed E-state index contributed by atoms with van der Waals surface area (Å²) in [5.41, 5.74) is 0.505. The summed E-state index contributed by atoms with van der Waals surface area (Å²) in [4.78, 5) is 11.8. The van der Waals surface area contributed by atoms with Gasteiger partial charge < -0.3 is 5.32 Å². The van der Waals surface area contributed by atoms with Gasteiger partial charge in [0.1, 0.15) is 0 Å². The first kappa shape index (κ1) is 18.8. The molecule has 0 aliphatic carbocycles. The number of nitrogens with one attached hydrogen (secondary N) is 1. The van der Waals surface area contributed by atoms with Crippen molar-refractivity contribution in [2.45, 2.75) is 32.6 Å². The van der Waals surface area contributed by atoms with Crippen LogP contribution in [0.5, 0.6) is 0 Å². The number of carbonyl (C=O) groups is 1. The summed E-state index contributed by atoms with van der Waals surface area (Å²) >= 11 is 5.81. The molecular formula is C15H23ClN2O3S. The zero-order valence-electron chi connectivity index (χ0n) is 13.0. The van der Waals surface area contributed by atoms with E-state index in [0.717, 1.165) is 25.5 Å². The second kappa shape index (κ2) is 9.00. The van der Waals surface area contributed by atoms with Crippen LogP contribution < -0.4 is 9.62 Å². The van der Waals surface area contributed by atoms with Crippen LogP contribution in [-0.4, -0.2) is 33.7 Å². The number of benzene rings is 1. The number of sulfonamides is 1. The smallest absolute Gasteiger partial charge is 0.232 e. The molecule has 1 rings (SSSR count). The van der Waals surface area contributed by atoms with E-state index in [2.05, 4.69) is 12.2 Å². The number of carbonyl (C=O) groups excluding carboxylic acids is 1. The van der Waals surface area contributed by atoms with Gasteiger partial charge in [0.15, 0.2) is 0 Å². The Balaban J connectivity index is 2.60. The summed E-state index contributed by atoms with van der Waals surface area (Å²) in [5.74, 6) is -0.140. The zero-order valence-corrected chi connectivity index (χ0v) is 14.6. The van der Waals surface area contributed by atoms with Crippen molar-refractivity contribution in [1.29, 1.82) is 0 Å². The highest BCUT2D eigenvalue weighted by Gasteiger charge is 2.18. The van der Waals surface area contributed by atoms with Crippen LogP contribution in [0.3, 0.4) is 0 Å². The lowest BCUT2D eigenvalue weighted by atomic mass is 10.2. The Morgan fingerprint density at radius 2 is 1.86 bits per heavy atom. The minimum absolute atomic E-state index is 0.111. The van der Waals surface area contributed by atoms with E-state index in [1.54, 1.807) is 24.3 Å². The fourth-order valence-electron chi connectivity index (χ4n) is 1.99. The van der Waals surface area contributed by atoms with E-state index in [0.29, 0.717) is 17.3 Å². The predicted octanol–water partition coefficient (Wildman–Crippen LogP) is 2.80.